The first-order valence-corrected chi connectivity index (χ1v) is 8.06. The lowest BCUT2D eigenvalue weighted by Crippen LogP contribution is -2.33. The highest BCUT2D eigenvalue weighted by molar-refractivity contribution is 6.20. The van der Waals surface area contributed by atoms with Crippen molar-refractivity contribution in [1.82, 2.24) is 5.32 Å². The minimum absolute atomic E-state index is 0.0400. The Labute approximate surface area is 154 Å². The smallest absolute Gasteiger partial charge is 0.336 e. The van der Waals surface area contributed by atoms with Gasteiger partial charge in [0.2, 0.25) is 0 Å². The lowest BCUT2D eigenvalue weighted by atomic mass is 9.80. The van der Waals surface area contributed by atoms with Crippen molar-refractivity contribution in [1.29, 1.82) is 0 Å². The summed E-state index contributed by atoms with van der Waals surface area (Å²) in [4.78, 5) is 35.4. The molecule has 9 heteroatoms. The molecule has 1 aliphatic heterocycles. The zero-order chi connectivity index (χ0) is 19.4. The van der Waals surface area contributed by atoms with E-state index < -0.39 is 22.8 Å². The van der Waals surface area contributed by atoms with Gasteiger partial charge in [0.1, 0.15) is 0 Å². The molecule has 0 aromatic heterocycles. The quantitative estimate of drug-likeness (QED) is 0.361. The van der Waals surface area contributed by atoms with E-state index in [1.807, 2.05) is 0 Å². The van der Waals surface area contributed by atoms with Crippen LogP contribution in [-0.2, 0) is 19.1 Å². The molecule has 0 unspecified atom stereocenters. The number of hydrogen-bond donors (Lipinski definition) is 1. The van der Waals surface area contributed by atoms with Crippen molar-refractivity contribution < 1.29 is 24.0 Å². The van der Waals surface area contributed by atoms with Crippen molar-refractivity contribution in [2.24, 2.45) is 0 Å². The number of hydrogen-bond acceptors (Lipinski definition) is 7. The largest absolute Gasteiger partial charge is 0.466 e. The van der Waals surface area contributed by atoms with Gasteiger partial charge in [-0.1, -0.05) is 12.1 Å². The van der Waals surface area contributed by atoms with Crippen LogP contribution in [0.25, 0.3) is 0 Å². The third-order valence-electron chi connectivity index (χ3n) is 4.00. The maximum absolute atomic E-state index is 12.4. The molecule has 26 heavy (non-hydrogen) atoms. The second-order valence-corrected chi connectivity index (χ2v) is 5.73. The number of carbonyl (C=O) groups excluding carboxylic acids is 2. The second kappa shape index (κ2) is 8.01. The lowest BCUT2D eigenvalue weighted by molar-refractivity contribution is -0.384. The van der Waals surface area contributed by atoms with Crippen molar-refractivity contribution in [2.45, 2.75) is 12.8 Å². The van der Waals surface area contributed by atoms with Gasteiger partial charge in [0.15, 0.2) is 0 Å². The standard InChI is InChI=1S/C17H17ClN2O6/c1-9-13(16(21)25-2)14(10-5-4-6-11(7-10)20(23)24)15(17(22)26-3)12(8-18)19-9/h4-7,14,19H,8H2,1-3H3/t14-/m1/s1. The highest BCUT2D eigenvalue weighted by Crippen LogP contribution is 2.40. The normalized spacial score (nSPS) is 16.8. The number of non-ortho nitro benzene ring substituents is 1. The molecule has 0 saturated carbocycles. The third kappa shape index (κ3) is 3.55. The van der Waals surface area contributed by atoms with Crippen LogP contribution in [0.2, 0.25) is 0 Å². The first-order valence-electron chi connectivity index (χ1n) is 7.53. The molecule has 0 aliphatic carbocycles. The van der Waals surface area contributed by atoms with Gasteiger partial charge in [0.05, 0.1) is 42.1 Å². The predicted molar refractivity (Wildman–Crippen MR) is 93.5 cm³/mol. The molecule has 0 spiro atoms. The van der Waals surface area contributed by atoms with Crippen LogP contribution in [-0.4, -0.2) is 37.0 Å². The van der Waals surface area contributed by atoms with Crippen molar-refractivity contribution >= 4 is 29.2 Å². The molecule has 0 saturated heterocycles. The van der Waals surface area contributed by atoms with Gasteiger partial charge in [-0.2, -0.15) is 0 Å². The molecule has 1 aromatic rings. The molecule has 138 valence electrons. The number of esters is 2. The number of nitro benzene ring substituents is 1. The fraction of sp³-hybridized carbons (Fsp3) is 0.294. The Kier molecular flexibility index (Phi) is 5.99. The van der Waals surface area contributed by atoms with Crippen molar-refractivity contribution in [3.63, 3.8) is 0 Å². The van der Waals surface area contributed by atoms with Gasteiger partial charge >= 0.3 is 11.9 Å². The average Bonchev–Trinajstić information content (AvgIpc) is 2.65. The van der Waals surface area contributed by atoms with E-state index >= 15 is 0 Å². The number of methoxy groups -OCH3 is 2. The van der Waals surface area contributed by atoms with Gasteiger partial charge < -0.3 is 14.8 Å². The van der Waals surface area contributed by atoms with Gasteiger partial charge in [-0.05, 0) is 12.5 Å². The van der Waals surface area contributed by atoms with Crippen LogP contribution in [0.1, 0.15) is 18.4 Å². The fourth-order valence-corrected chi connectivity index (χ4v) is 3.10. The van der Waals surface area contributed by atoms with Gasteiger partial charge in [0.25, 0.3) is 5.69 Å². The average molecular weight is 381 g/mol. The van der Waals surface area contributed by atoms with E-state index in [1.165, 1.54) is 32.4 Å². The van der Waals surface area contributed by atoms with E-state index in [0.717, 1.165) is 0 Å². The number of halogens is 1. The minimum atomic E-state index is -0.912. The van der Waals surface area contributed by atoms with Crippen LogP contribution in [0.4, 0.5) is 5.69 Å². The zero-order valence-corrected chi connectivity index (χ0v) is 15.1. The van der Waals surface area contributed by atoms with Gasteiger partial charge in [-0.3, -0.25) is 10.1 Å². The van der Waals surface area contributed by atoms with E-state index in [4.69, 9.17) is 21.1 Å². The maximum atomic E-state index is 12.4. The third-order valence-corrected chi connectivity index (χ3v) is 4.27. The summed E-state index contributed by atoms with van der Waals surface area (Å²) in [7, 11) is 2.42. The number of rotatable bonds is 5. The topological polar surface area (TPSA) is 108 Å². The summed E-state index contributed by atoms with van der Waals surface area (Å²) in [6.45, 7) is 1.64. The molecule has 0 fully saturated rings. The van der Waals surface area contributed by atoms with E-state index in [9.17, 15) is 19.7 Å². The Bertz CT molecular complexity index is 830. The molecule has 1 aliphatic rings. The predicted octanol–water partition coefficient (Wildman–Crippen LogP) is 2.39. The molecular formula is C17H17ClN2O6. The number of nitrogens with zero attached hydrogens (tertiary/aromatic N) is 1. The number of nitro groups is 1. The molecule has 1 aromatic carbocycles. The van der Waals surface area contributed by atoms with Gasteiger partial charge in [-0.15, -0.1) is 11.6 Å². The zero-order valence-electron chi connectivity index (χ0n) is 14.4. The Balaban J connectivity index is 2.76. The molecule has 0 bridgehead atoms. The lowest BCUT2D eigenvalue weighted by Gasteiger charge is -2.30. The summed E-state index contributed by atoms with van der Waals surface area (Å²) in [6, 6.07) is 5.70. The van der Waals surface area contributed by atoms with Crippen LogP contribution >= 0.6 is 11.6 Å². The summed E-state index contributed by atoms with van der Waals surface area (Å²) in [6.07, 6.45) is 0. The summed E-state index contributed by atoms with van der Waals surface area (Å²) in [5, 5.41) is 14.1. The summed E-state index contributed by atoms with van der Waals surface area (Å²) in [5.41, 5.74) is 1.27. The van der Waals surface area contributed by atoms with Crippen LogP contribution in [0.5, 0.6) is 0 Å². The monoisotopic (exact) mass is 380 g/mol. The van der Waals surface area contributed by atoms with E-state index in [-0.39, 0.29) is 22.7 Å². The van der Waals surface area contributed by atoms with Crippen LogP contribution in [0.3, 0.4) is 0 Å². The molecule has 1 atom stereocenters. The van der Waals surface area contributed by atoms with Crippen LogP contribution in [0.15, 0.2) is 46.8 Å². The molecule has 8 nitrogen and oxygen atoms in total. The van der Waals surface area contributed by atoms with Gasteiger partial charge in [0, 0.05) is 23.5 Å². The molecule has 2 rings (SSSR count). The Morgan fingerprint density at radius 2 is 1.85 bits per heavy atom. The van der Waals surface area contributed by atoms with Crippen LogP contribution < -0.4 is 5.32 Å². The van der Waals surface area contributed by atoms with E-state index in [2.05, 4.69) is 5.32 Å². The molecule has 0 amide bonds. The van der Waals surface area contributed by atoms with Gasteiger partial charge in [-0.25, -0.2) is 9.59 Å². The molecule has 1 heterocycles. The number of ether oxygens (including phenoxy) is 2. The SMILES string of the molecule is COC(=O)C1=C(C)NC(CCl)=C(C(=O)OC)[C@@H]1c1cccc([N+](=O)[O-])c1. The molecule has 0 radical (unpaired) electrons. The van der Waals surface area contributed by atoms with E-state index in [0.29, 0.717) is 17.0 Å². The summed E-state index contributed by atoms with van der Waals surface area (Å²) < 4.78 is 9.69. The number of dihydropyridines is 1. The minimum Gasteiger partial charge on any atom is -0.466 e. The van der Waals surface area contributed by atoms with Crippen molar-refractivity contribution in [3.05, 3.63) is 62.5 Å². The maximum Gasteiger partial charge on any atom is 0.336 e. The highest BCUT2D eigenvalue weighted by Gasteiger charge is 2.38. The first kappa shape index (κ1) is 19.5. The number of benzene rings is 1. The molecule has 1 N–H and O–H groups in total. The molecular weight excluding hydrogens is 364 g/mol. The summed E-state index contributed by atoms with van der Waals surface area (Å²) >= 11 is 5.96. The Hall–Kier alpha value is -2.87. The van der Waals surface area contributed by atoms with Crippen LogP contribution in [0, 0.1) is 10.1 Å². The number of alkyl halides is 1. The first-order chi connectivity index (χ1) is 12.3. The highest BCUT2D eigenvalue weighted by atomic mass is 35.5. The number of carbonyl (C=O) groups is 2. The van der Waals surface area contributed by atoms with Crippen molar-refractivity contribution in [3.8, 4) is 0 Å². The number of nitrogens with one attached hydrogen (secondary N) is 1. The van der Waals surface area contributed by atoms with E-state index in [1.54, 1.807) is 13.0 Å². The Morgan fingerprint density at radius 3 is 2.38 bits per heavy atom. The Morgan fingerprint density at radius 1 is 1.23 bits per heavy atom. The second-order valence-electron chi connectivity index (χ2n) is 5.46. The fourth-order valence-electron chi connectivity index (χ4n) is 2.88. The van der Waals surface area contributed by atoms with Crippen molar-refractivity contribution in [2.75, 3.05) is 20.1 Å². The summed E-state index contributed by atoms with van der Waals surface area (Å²) in [5.74, 6) is -2.31. The number of allylic oxidation sites excluding steroid dienone is 2.